The fraction of sp³-hybridized carbons (Fsp3) is 0.333. The lowest BCUT2D eigenvalue weighted by atomic mass is 10.1. The molecule has 2 aromatic rings. The Morgan fingerprint density at radius 1 is 1.56 bits per heavy atom. The molecular formula is C12H14N2O2. The maximum atomic E-state index is 11.1. The van der Waals surface area contributed by atoms with Crippen molar-refractivity contribution in [2.24, 2.45) is 7.05 Å². The maximum absolute atomic E-state index is 11.1. The lowest BCUT2D eigenvalue weighted by Crippen LogP contribution is -1.98. The SMILES string of the molecule is CCc1c(C=O)c2ccnc(OC)c2n1C. The minimum absolute atomic E-state index is 0.558. The van der Waals surface area contributed by atoms with Gasteiger partial charge in [-0.25, -0.2) is 4.98 Å². The zero-order valence-corrected chi connectivity index (χ0v) is 9.65. The number of hydrogen-bond donors (Lipinski definition) is 0. The molecule has 0 amide bonds. The summed E-state index contributed by atoms with van der Waals surface area (Å²) in [7, 11) is 3.51. The Hall–Kier alpha value is -1.84. The summed E-state index contributed by atoms with van der Waals surface area (Å²) in [5.74, 6) is 0.558. The van der Waals surface area contributed by atoms with Crippen LogP contribution < -0.4 is 4.74 Å². The Labute approximate surface area is 93.9 Å². The summed E-state index contributed by atoms with van der Waals surface area (Å²) in [6.07, 6.45) is 3.37. The van der Waals surface area contributed by atoms with Crippen molar-refractivity contribution in [3.8, 4) is 5.88 Å². The fourth-order valence-electron chi connectivity index (χ4n) is 2.16. The molecule has 0 spiro atoms. The monoisotopic (exact) mass is 218 g/mol. The third-order valence-electron chi connectivity index (χ3n) is 2.88. The standard InChI is InChI=1S/C12H14N2O2/c1-4-10-9(7-15)8-5-6-13-12(16-3)11(8)14(10)2/h5-7H,4H2,1-3H3. The van der Waals surface area contributed by atoms with Gasteiger partial charge in [0, 0.05) is 29.9 Å². The smallest absolute Gasteiger partial charge is 0.238 e. The summed E-state index contributed by atoms with van der Waals surface area (Å²) >= 11 is 0. The summed E-state index contributed by atoms with van der Waals surface area (Å²) in [6.45, 7) is 2.03. The number of aldehydes is 1. The van der Waals surface area contributed by atoms with Gasteiger partial charge in [0.25, 0.3) is 0 Å². The Bertz CT molecular complexity index is 543. The van der Waals surface area contributed by atoms with Crippen LogP contribution in [0.25, 0.3) is 10.9 Å². The molecule has 0 radical (unpaired) electrons. The molecule has 16 heavy (non-hydrogen) atoms. The lowest BCUT2D eigenvalue weighted by molar-refractivity contribution is 0.112. The lowest BCUT2D eigenvalue weighted by Gasteiger charge is -2.04. The molecule has 84 valence electrons. The van der Waals surface area contributed by atoms with Gasteiger partial charge in [-0.1, -0.05) is 6.92 Å². The van der Waals surface area contributed by atoms with Crippen LogP contribution in [-0.4, -0.2) is 22.9 Å². The molecule has 0 unspecified atom stereocenters. The van der Waals surface area contributed by atoms with E-state index < -0.39 is 0 Å². The number of aromatic nitrogens is 2. The van der Waals surface area contributed by atoms with Gasteiger partial charge in [0.05, 0.1) is 7.11 Å². The van der Waals surface area contributed by atoms with Crippen LogP contribution >= 0.6 is 0 Å². The molecule has 0 aliphatic carbocycles. The Morgan fingerprint density at radius 3 is 2.88 bits per heavy atom. The number of aryl methyl sites for hydroxylation is 1. The molecule has 0 N–H and O–H groups in total. The largest absolute Gasteiger partial charge is 0.479 e. The number of carbonyl (C=O) groups is 1. The third-order valence-corrected chi connectivity index (χ3v) is 2.88. The third kappa shape index (κ3) is 1.30. The van der Waals surface area contributed by atoms with Crippen LogP contribution in [0.4, 0.5) is 0 Å². The van der Waals surface area contributed by atoms with Crippen molar-refractivity contribution in [1.82, 2.24) is 9.55 Å². The van der Waals surface area contributed by atoms with Crippen LogP contribution in [0.1, 0.15) is 23.0 Å². The topological polar surface area (TPSA) is 44.1 Å². The van der Waals surface area contributed by atoms with E-state index in [-0.39, 0.29) is 0 Å². The van der Waals surface area contributed by atoms with Crippen LogP contribution in [0, 0.1) is 0 Å². The molecular weight excluding hydrogens is 204 g/mol. The number of carbonyl (C=O) groups excluding carboxylic acids is 1. The molecule has 4 nitrogen and oxygen atoms in total. The highest BCUT2D eigenvalue weighted by atomic mass is 16.5. The van der Waals surface area contributed by atoms with E-state index in [9.17, 15) is 4.79 Å². The van der Waals surface area contributed by atoms with Gasteiger partial charge in [0.15, 0.2) is 6.29 Å². The summed E-state index contributed by atoms with van der Waals surface area (Å²) in [6, 6.07) is 1.85. The van der Waals surface area contributed by atoms with E-state index in [1.54, 1.807) is 13.3 Å². The number of hydrogen-bond acceptors (Lipinski definition) is 3. The van der Waals surface area contributed by atoms with E-state index in [2.05, 4.69) is 4.98 Å². The van der Waals surface area contributed by atoms with Gasteiger partial charge >= 0.3 is 0 Å². The Kier molecular flexibility index (Phi) is 2.64. The van der Waals surface area contributed by atoms with Crippen molar-refractivity contribution in [2.75, 3.05) is 7.11 Å². The second-order valence-corrected chi connectivity index (χ2v) is 3.61. The minimum atomic E-state index is 0.558. The van der Waals surface area contributed by atoms with Gasteiger partial charge in [-0.15, -0.1) is 0 Å². The van der Waals surface area contributed by atoms with E-state index in [1.807, 2.05) is 24.6 Å². The first-order valence-electron chi connectivity index (χ1n) is 5.20. The number of rotatable bonds is 3. The van der Waals surface area contributed by atoms with E-state index in [1.165, 1.54) is 0 Å². The van der Waals surface area contributed by atoms with Crippen LogP contribution in [-0.2, 0) is 13.5 Å². The second kappa shape index (κ2) is 3.96. The predicted molar refractivity (Wildman–Crippen MR) is 62.0 cm³/mol. The first kappa shape index (κ1) is 10.7. The van der Waals surface area contributed by atoms with Crippen molar-refractivity contribution in [3.05, 3.63) is 23.5 Å². The van der Waals surface area contributed by atoms with Crippen molar-refractivity contribution in [1.29, 1.82) is 0 Å². The highest BCUT2D eigenvalue weighted by Crippen LogP contribution is 2.29. The normalized spacial score (nSPS) is 10.7. The van der Waals surface area contributed by atoms with Gasteiger partial charge in [0.2, 0.25) is 5.88 Å². The highest BCUT2D eigenvalue weighted by molar-refractivity contribution is 6.01. The molecule has 0 fully saturated rings. The van der Waals surface area contributed by atoms with Crippen LogP contribution in [0.2, 0.25) is 0 Å². The molecule has 2 aromatic heterocycles. The molecule has 0 atom stereocenters. The predicted octanol–water partition coefficient (Wildman–Crippen LogP) is 1.96. The Balaban J connectivity index is 2.92. The van der Waals surface area contributed by atoms with Crippen LogP contribution in [0.5, 0.6) is 5.88 Å². The maximum Gasteiger partial charge on any atom is 0.238 e. The Morgan fingerprint density at radius 2 is 2.31 bits per heavy atom. The molecule has 0 bridgehead atoms. The molecule has 0 saturated carbocycles. The number of nitrogens with zero attached hydrogens (tertiary/aromatic N) is 2. The van der Waals surface area contributed by atoms with E-state index >= 15 is 0 Å². The second-order valence-electron chi connectivity index (χ2n) is 3.61. The van der Waals surface area contributed by atoms with E-state index in [4.69, 9.17) is 4.74 Å². The molecule has 2 rings (SSSR count). The zero-order chi connectivity index (χ0) is 11.7. The van der Waals surface area contributed by atoms with Crippen molar-refractivity contribution >= 4 is 17.2 Å². The molecule has 0 aliphatic rings. The fourth-order valence-corrected chi connectivity index (χ4v) is 2.16. The highest BCUT2D eigenvalue weighted by Gasteiger charge is 2.16. The average Bonchev–Trinajstić information content (AvgIpc) is 2.61. The van der Waals surface area contributed by atoms with Gasteiger partial charge in [-0.05, 0) is 12.5 Å². The van der Waals surface area contributed by atoms with Gasteiger partial charge < -0.3 is 9.30 Å². The van der Waals surface area contributed by atoms with E-state index in [0.717, 1.165) is 34.9 Å². The molecule has 2 heterocycles. The first-order chi connectivity index (χ1) is 7.74. The van der Waals surface area contributed by atoms with Gasteiger partial charge in [0.1, 0.15) is 5.52 Å². The van der Waals surface area contributed by atoms with Gasteiger partial charge in [-0.3, -0.25) is 4.79 Å². The number of pyridine rings is 1. The van der Waals surface area contributed by atoms with Crippen molar-refractivity contribution in [2.45, 2.75) is 13.3 Å². The zero-order valence-electron chi connectivity index (χ0n) is 9.65. The van der Waals surface area contributed by atoms with E-state index in [0.29, 0.717) is 5.88 Å². The molecule has 4 heteroatoms. The summed E-state index contributed by atoms with van der Waals surface area (Å²) < 4.78 is 7.19. The quantitative estimate of drug-likeness (QED) is 0.740. The molecule has 0 aliphatic heterocycles. The molecule has 0 saturated heterocycles. The van der Waals surface area contributed by atoms with Crippen molar-refractivity contribution in [3.63, 3.8) is 0 Å². The van der Waals surface area contributed by atoms with Crippen LogP contribution in [0.3, 0.4) is 0 Å². The number of ether oxygens (including phenoxy) is 1. The number of fused-ring (bicyclic) bond motifs is 1. The van der Waals surface area contributed by atoms with Crippen LogP contribution in [0.15, 0.2) is 12.3 Å². The molecule has 0 aromatic carbocycles. The first-order valence-corrected chi connectivity index (χ1v) is 5.20. The van der Waals surface area contributed by atoms with Gasteiger partial charge in [-0.2, -0.15) is 0 Å². The summed E-state index contributed by atoms with van der Waals surface area (Å²) in [4.78, 5) is 15.3. The summed E-state index contributed by atoms with van der Waals surface area (Å²) in [5.41, 5.74) is 2.63. The van der Waals surface area contributed by atoms with Crippen molar-refractivity contribution < 1.29 is 9.53 Å². The number of methoxy groups -OCH3 is 1. The minimum Gasteiger partial charge on any atom is -0.479 e. The summed E-state index contributed by atoms with van der Waals surface area (Å²) in [5, 5.41) is 0.904. The average molecular weight is 218 g/mol.